The van der Waals surface area contributed by atoms with E-state index in [-0.39, 0.29) is 5.91 Å². The Bertz CT molecular complexity index is 485. The van der Waals surface area contributed by atoms with E-state index < -0.39 is 0 Å². The summed E-state index contributed by atoms with van der Waals surface area (Å²) in [5.74, 6) is 1.54. The average Bonchev–Trinajstić information content (AvgIpc) is 2.49. The number of nitrogens with zero attached hydrogens (tertiary/aromatic N) is 1. The lowest BCUT2D eigenvalue weighted by Gasteiger charge is -2.31. The fourth-order valence-electron chi connectivity index (χ4n) is 2.55. The van der Waals surface area contributed by atoms with Gasteiger partial charge in [-0.2, -0.15) is 0 Å². The van der Waals surface area contributed by atoms with Crippen LogP contribution in [-0.2, 0) is 4.79 Å². The standard InChI is InChI=1S/C16H23BrN2O2/c1-12-2-3-15(14(17)10-12)21-9-6-16(20)19-7-4-13(11-18)5-8-19/h2-3,10,13H,4-9,11,18H2,1H3. The summed E-state index contributed by atoms with van der Waals surface area (Å²) in [6.07, 6.45) is 2.47. The Hall–Kier alpha value is -1.07. The summed E-state index contributed by atoms with van der Waals surface area (Å²) in [5.41, 5.74) is 6.84. The molecule has 0 saturated carbocycles. The third kappa shape index (κ3) is 4.71. The first-order valence-electron chi connectivity index (χ1n) is 7.47. The van der Waals surface area contributed by atoms with Crippen molar-refractivity contribution < 1.29 is 9.53 Å². The number of carbonyl (C=O) groups is 1. The largest absolute Gasteiger partial charge is 0.492 e. The van der Waals surface area contributed by atoms with Crippen molar-refractivity contribution in [2.45, 2.75) is 26.2 Å². The second-order valence-corrected chi connectivity index (χ2v) is 6.45. The molecule has 1 saturated heterocycles. The van der Waals surface area contributed by atoms with E-state index in [1.807, 2.05) is 30.0 Å². The highest BCUT2D eigenvalue weighted by atomic mass is 79.9. The Morgan fingerprint density at radius 2 is 2.14 bits per heavy atom. The van der Waals surface area contributed by atoms with Gasteiger partial charge in [-0.1, -0.05) is 6.07 Å². The first-order valence-corrected chi connectivity index (χ1v) is 8.26. The molecular weight excluding hydrogens is 332 g/mol. The molecule has 0 atom stereocenters. The molecule has 1 amide bonds. The van der Waals surface area contributed by atoms with Crippen LogP contribution in [0.15, 0.2) is 22.7 Å². The number of hydrogen-bond donors (Lipinski definition) is 1. The minimum absolute atomic E-state index is 0.175. The second-order valence-electron chi connectivity index (χ2n) is 5.59. The number of aryl methyl sites for hydroxylation is 1. The molecule has 1 heterocycles. The number of amides is 1. The smallest absolute Gasteiger partial charge is 0.225 e. The van der Waals surface area contributed by atoms with E-state index in [1.165, 1.54) is 5.56 Å². The molecule has 1 aliphatic heterocycles. The number of nitrogens with two attached hydrogens (primary N) is 1. The van der Waals surface area contributed by atoms with Crippen molar-refractivity contribution in [1.82, 2.24) is 4.90 Å². The van der Waals surface area contributed by atoms with Gasteiger partial charge in [0.1, 0.15) is 5.75 Å². The van der Waals surface area contributed by atoms with Crippen molar-refractivity contribution in [2.24, 2.45) is 11.7 Å². The fourth-order valence-corrected chi connectivity index (χ4v) is 3.16. The van der Waals surface area contributed by atoms with Crippen LogP contribution in [0.4, 0.5) is 0 Å². The molecule has 1 fully saturated rings. The van der Waals surface area contributed by atoms with Crippen molar-refractivity contribution >= 4 is 21.8 Å². The average molecular weight is 355 g/mol. The van der Waals surface area contributed by atoms with E-state index in [2.05, 4.69) is 15.9 Å². The summed E-state index contributed by atoms with van der Waals surface area (Å²) in [6, 6.07) is 5.94. The van der Waals surface area contributed by atoms with Gasteiger partial charge in [0.15, 0.2) is 0 Å². The Labute approximate surface area is 134 Å². The van der Waals surface area contributed by atoms with Gasteiger partial charge in [-0.25, -0.2) is 0 Å². The van der Waals surface area contributed by atoms with Gasteiger partial charge in [0.05, 0.1) is 17.5 Å². The van der Waals surface area contributed by atoms with Gasteiger partial charge < -0.3 is 15.4 Å². The summed E-state index contributed by atoms with van der Waals surface area (Å²) in [7, 11) is 0. The van der Waals surface area contributed by atoms with Crippen molar-refractivity contribution in [1.29, 1.82) is 0 Å². The lowest BCUT2D eigenvalue weighted by Crippen LogP contribution is -2.40. The van der Waals surface area contributed by atoms with Crippen LogP contribution in [0.1, 0.15) is 24.8 Å². The summed E-state index contributed by atoms with van der Waals surface area (Å²) in [6.45, 7) is 4.83. The molecule has 0 spiro atoms. The van der Waals surface area contributed by atoms with Crippen LogP contribution < -0.4 is 10.5 Å². The first kappa shape index (κ1) is 16.3. The molecule has 0 aliphatic carbocycles. The highest BCUT2D eigenvalue weighted by Gasteiger charge is 2.21. The van der Waals surface area contributed by atoms with Crippen LogP contribution in [-0.4, -0.2) is 37.0 Å². The van der Waals surface area contributed by atoms with Crippen LogP contribution in [0.2, 0.25) is 0 Å². The van der Waals surface area contributed by atoms with E-state index in [9.17, 15) is 4.79 Å². The van der Waals surface area contributed by atoms with Gasteiger partial charge in [-0.3, -0.25) is 4.79 Å². The molecular formula is C16H23BrN2O2. The normalized spacial score (nSPS) is 16.0. The third-order valence-corrected chi connectivity index (χ3v) is 4.58. The topological polar surface area (TPSA) is 55.6 Å². The quantitative estimate of drug-likeness (QED) is 0.884. The minimum atomic E-state index is 0.175. The minimum Gasteiger partial charge on any atom is -0.492 e. The first-order chi connectivity index (χ1) is 10.1. The number of hydrogen-bond acceptors (Lipinski definition) is 3. The molecule has 0 bridgehead atoms. The molecule has 1 aliphatic rings. The van der Waals surface area contributed by atoms with Gasteiger partial charge in [0.25, 0.3) is 0 Å². The highest BCUT2D eigenvalue weighted by Crippen LogP contribution is 2.26. The fraction of sp³-hybridized carbons (Fsp3) is 0.562. The van der Waals surface area contributed by atoms with Crippen molar-refractivity contribution in [3.05, 3.63) is 28.2 Å². The van der Waals surface area contributed by atoms with Crippen molar-refractivity contribution in [3.63, 3.8) is 0 Å². The summed E-state index contributed by atoms with van der Waals surface area (Å²) in [5, 5.41) is 0. The third-order valence-electron chi connectivity index (χ3n) is 3.96. The maximum Gasteiger partial charge on any atom is 0.225 e. The molecule has 5 heteroatoms. The van der Waals surface area contributed by atoms with Gasteiger partial charge in [-0.15, -0.1) is 0 Å². The summed E-state index contributed by atoms with van der Waals surface area (Å²) in [4.78, 5) is 14.1. The molecule has 0 aromatic heterocycles. The number of piperidine rings is 1. The predicted molar refractivity (Wildman–Crippen MR) is 87.3 cm³/mol. The van der Waals surface area contributed by atoms with Crippen molar-refractivity contribution in [3.8, 4) is 5.75 Å². The van der Waals surface area contributed by atoms with E-state index >= 15 is 0 Å². The Morgan fingerprint density at radius 1 is 1.43 bits per heavy atom. The molecule has 1 aromatic rings. The van der Waals surface area contributed by atoms with E-state index in [0.717, 1.165) is 42.7 Å². The second kappa shape index (κ2) is 7.80. The van der Waals surface area contributed by atoms with E-state index in [4.69, 9.17) is 10.5 Å². The zero-order valence-electron chi connectivity index (χ0n) is 12.5. The predicted octanol–water partition coefficient (Wildman–Crippen LogP) is 2.72. The molecule has 0 unspecified atom stereocenters. The molecule has 4 nitrogen and oxygen atoms in total. The van der Waals surface area contributed by atoms with Crippen LogP contribution in [0.5, 0.6) is 5.75 Å². The molecule has 116 valence electrons. The number of likely N-dealkylation sites (tertiary alicyclic amines) is 1. The highest BCUT2D eigenvalue weighted by molar-refractivity contribution is 9.10. The SMILES string of the molecule is Cc1ccc(OCCC(=O)N2CCC(CN)CC2)c(Br)c1. The van der Waals surface area contributed by atoms with Crippen LogP contribution in [0.3, 0.4) is 0 Å². The van der Waals surface area contributed by atoms with E-state index in [0.29, 0.717) is 18.9 Å². The summed E-state index contributed by atoms with van der Waals surface area (Å²) < 4.78 is 6.61. The number of rotatable bonds is 5. The lowest BCUT2D eigenvalue weighted by atomic mass is 9.97. The molecule has 0 radical (unpaired) electrons. The maximum absolute atomic E-state index is 12.1. The van der Waals surface area contributed by atoms with Crippen molar-refractivity contribution in [2.75, 3.05) is 26.2 Å². The van der Waals surface area contributed by atoms with Gasteiger partial charge >= 0.3 is 0 Å². The van der Waals surface area contributed by atoms with E-state index in [1.54, 1.807) is 0 Å². The van der Waals surface area contributed by atoms with Gasteiger partial charge in [0.2, 0.25) is 5.91 Å². The maximum atomic E-state index is 12.1. The Morgan fingerprint density at radius 3 is 2.76 bits per heavy atom. The number of benzene rings is 1. The van der Waals surface area contributed by atoms with Crippen LogP contribution in [0, 0.1) is 12.8 Å². The zero-order chi connectivity index (χ0) is 15.2. The number of halogens is 1. The number of carbonyl (C=O) groups excluding carboxylic acids is 1. The van der Waals surface area contributed by atoms with Gasteiger partial charge in [-0.05, 0) is 65.9 Å². The lowest BCUT2D eigenvalue weighted by molar-refractivity contribution is -0.133. The molecule has 21 heavy (non-hydrogen) atoms. The van der Waals surface area contributed by atoms with Crippen LogP contribution >= 0.6 is 15.9 Å². The molecule has 2 rings (SSSR count). The Kier molecular flexibility index (Phi) is 6.06. The van der Waals surface area contributed by atoms with Gasteiger partial charge in [0, 0.05) is 13.1 Å². The zero-order valence-corrected chi connectivity index (χ0v) is 14.1. The van der Waals surface area contributed by atoms with Crippen LogP contribution in [0.25, 0.3) is 0 Å². The Balaban J connectivity index is 1.74. The molecule has 2 N–H and O–H groups in total. The number of ether oxygens (including phenoxy) is 1. The monoisotopic (exact) mass is 354 g/mol. The summed E-state index contributed by atoms with van der Waals surface area (Å²) >= 11 is 3.47. The molecule has 1 aromatic carbocycles.